The van der Waals surface area contributed by atoms with Gasteiger partial charge in [-0.1, -0.05) is 12.6 Å². The Hall–Kier alpha value is -1.97. The normalized spacial score (nSPS) is 9.50. The molecule has 0 atom stereocenters. The van der Waals surface area contributed by atoms with Crippen LogP contribution >= 0.6 is 0 Å². The highest BCUT2D eigenvalue weighted by molar-refractivity contribution is 5.91. The van der Waals surface area contributed by atoms with Crippen molar-refractivity contribution in [2.45, 2.75) is 0 Å². The van der Waals surface area contributed by atoms with Crippen molar-refractivity contribution in [2.24, 2.45) is 0 Å². The van der Waals surface area contributed by atoms with Gasteiger partial charge in [0, 0.05) is 5.56 Å². The van der Waals surface area contributed by atoms with Crippen LogP contribution in [0.15, 0.2) is 24.8 Å². The molecular weight excluding hydrogens is 184 g/mol. The van der Waals surface area contributed by atoms with Crippen molar-refractivity contribution in [3.63, 3.8) is 0 Å². The van der Waals surface area contributed by atoms with Gasteiger partial charge in [-0.3, -0.25) is 0 Å². The van der Waals surface area contributed by atoms with E-state index in [0.29, 0.717) is 11.3 Å². The van der Waals surface area contributed by atoms with Crippen LogP contribution in [0.4, 0.5) is 0 Å². The van der Waals surface area contributed by atoms with Gasteiger partial charge in [0.05, 0.1) is 7.11 Å². The number of carbonyl (C=O) groups is 1. The summed E-state index contributed by atoms with van der Waals surface area (Å²) < 4.78 is 4.84. The molecule has 0 fully saturated rings. The minimum absolute atomic E-state index is 0.141. The zero-order chi connectivity index (χ0) is 10.7. The molecule has 0 bridgehead atoms. The molecule has 4 heteroatoms. The van der Waals surface area contributed by atoms with E-state index in [-0.39, 0.29) is 11.3 Å². The molecule has 0 aliphatic rings. The van der Waals surface area contributed by atoms with E-state index >= 15 is 0 Å². The molecule has 0 amide bonds. The first kappa shape index (κ1) is 10.1. The molecule has 1 aromatic rings. The smallest absolute Gasteiger partial charge is 0.339 e. The summed E-state index contributed by atoms with van der Waals surface area (Å²) in [7, 11) is 1.45. The molecule has 2 N–H and O–H groups in total. The molecule has 0 saturated heterocycles. The Balaban J connectivity index is 3.12. The van der Waals surface area contributed by atoms with Crippen molar-refractivity contribution in [1.82, 2.24) is 0 Å². The van der Waals surface area contributed by atoms with Crippen LogP contribution in [-0.2, 0) is 4.74 Å². The number of hydrogen-bond donors (Lipinski definition) is 2. The molecule has 74 valence electrons. The summed E-state index contributed by atoms with van der Waals surface area (Å²) in [5, 5.41) is 18.0. The number of aromatic carboxylic acids is 1. The number of aromatic hydroxyl groups is 1. The minimum Gasteiger partial charge on any atom is -0.507 e. The van der Waals surface area contributed by atoms with Crippen molar-refractivity contribution in [3.05, 3.63) is 35.9 Å². The summed E-state index contributed by atoms with van der Waals surface area (Å²) in [6.45, 7) is 3.58. The molecule has 0 radical (unpaired) electrons. The first-order valence-corrected chi connectivity index (χ1v) is 3.86. The zero-order valence-electron chi connectivity index (χ0n) is 7.65. The maximum absolute atomic E-state index is 10.6. The first-order chi connectivity index (χ1) is 6.56. The van der Waals surface area contributed by atoms with Gasteiger partial charge < -0.3 is 14.9 Å². The van der Waals surface area contributed by atoms with Crippen LogP contribution in [0.25, 0.3) is 5.76 Å². The second-order valence-corrected chi connectivity index (χ2v) is 2.66. The van der Waals surface area contributed by atoms with Crippen molar-refractivity contribution in [1.29, 1.82) is 0 Å². The predicted octanol–water partition coefficient (Wildman–Crippen LogP) is 1.71. The Morgan fingerprint density at radius 3 is 2.57 bits per heavy atom. The first-order valence-electron chi connectivity index (χ1n) is 3.86. The van der Waals surface area contributed by atoms with E-state index in [2.05, 4.69) is 6.58 Å². The number of carboxylic acid groups (broad SMARTS) is 1. The highest BCUT2D eigenvalue weighted by atomic mass is 16.5. The number of rotatable bonds is 3. The Bertz CT molecular complexity index is 382. The summed E-state index contributed by atoms with van der Waals surface area (Å²) >= 11 is 0. The minimum atomic E-state index is -1.17. The van der Waals surface area contributed by atoms with Crippen LogP contribution < -0.4 is 0 Å². The second kappa shape index (κ2) is 3.83. The van der Waals surface area contributed by atoms with Crippen LogP contribution in [-0.4, -0.2) is 23.3 Å². The van der Waals surface area contributed by atoms with Gasteiger partial charge in [-0.25, -0.2) is 4.79 Å². The van der Waals surface area contributed by atoms with Crippen LogP contribution in [0.2, 0.25) is 0 Å². The van der Waals surface area contributed by atoms with Crippen molar-refractivity contribution in [2.75, 3.05) is 7.11 Å². The van der Waals surface area contributed by atoms with E-state index in [9.17, 15) is 9.90 Å². The zero-order valence-corrected chi connectivity index (χ0v) is 7.65. The van der Waals surface area contributed by atoms with Crippen LogP contribution in [0.5, 0.6) is 5.75 Å². The third kappa shape index (κ3) is 1.85. The van der Waals surface area contributed by atoms with Crippen LogP contribution in [0.3, 0.4) is 0 Å². The van der Waals surface area contributed by atoms with Gasteiger partial charge in [0.2, 0.25) is 0 Å². The average molecular weight is 194 g/mol. The Morgan fingerprint density at radius 1 is 1.50 bits per heavy atom. The van der Waals surface area contributed by atoms with E-state index < -0.39 is 5.97 Å². The Labute approximate surface area is 81.1 Å². The summed E-state index contributed by atoms with van der Waals surface area (Å²) in [6, 6.07) is 4.13. The van der Waals surface area contributed by atoms with Crippen molar-refractivity contribution < 1.29 is 19.7 Å². The molecule has 0 spiro atoms. The fraction of sp³-hybridized carbons (Fsp3) is 0.100. The Kier molecular flexibility index (Phi) is 2.76. The second-order valence-electron chi connectivity index (χ2n) is 2.66. The highest BCUT2D eigenvalue weighted by Gasteiger charge is 2.10. The number of carboxylic acids is 1. The molecule has 0 aliphatic carbocycles. The van der Waals surface area contributed by atoms with Gasteiger partial charge in [-0.2, -0.15) is 0 Å². The maximum atomic E-state index is 10.6. The lowest BCUT2D eigenvalue weighted by atomic mass is 10.1. The van der Waals surface area contributed by atoms with Crippen molar-refractivity contribution >= 4 is 11.7 Å². The third-order valence-electron chi connectivity index (χ3n) is 1.80. The van der Waals surface area contributed by atoms with Crippen LogP contribution in [0, 0.1) is 0 Å². The molecule has 4 nitrogen and oxygen atoms in total. The van der Waals surface area contributed by atoms with E-state index in [1.165, 1.54) is 25.3 Å². The lowest BCUT2D eigenvalue weighted by molar-refractivity contribution is 0.0693. The van der Waals surface area contributed by atoms with Gasteiger partial charge in [0.1, 0.15) is 17.1 Å². The van der Waals surface area contributed by atoms with E-state index in [0.717, 1.165) is 0 Å². The molecule has 1 rings (SSSR count). The molecule has 0 aromatic heterocycles. The monoisotopic (exact) mass is 194 g/mol. The molecule has 0 heterocycles. The number of hydrogen-bond acceptors (Lipinski definition) is 3. The van der Waals surface area contributed by atoms with Crippen LogP contribution in [0.1, 0.15) is 15.9 Å². The molecule has 0 saturated carbocycles. The summed E-state index contributed by atoms with van der Waals surface area (Å²) in [5.74, 6) is -1.09. The summed E-state index contributed by atoms with van der Waals surface area (Å²) in [4.78, 5) is 10.6. The lowest BCUT2D eigenvalue weighted by Gasteiger charge is -2.05. The lowest BCUT2D eigenvalue weighted by Crippen LogP contribution is -1.97. The van der Waals surface area contributed by atoms with Gasteiger partial charge in [0.15, 0.2) is 0 Å². The summed E-state index contributed by atoms with van der Waals surface area (Å²) in [6.07, 6.45) is 0. The van der Waals surface area contributed by atoms with Gasteiger partial charge in [-0.05, 0) is 12.1 Å². The van der Waals surface area contributed by atoms with E-state index in [4.69, 9.17) is 9.84 Å². The Morgan fingerprint density at radius 2 is 2.14 bits per heavy atom. The highest BCUT2D eigenvalue weighted by Crippen LogP contribution is 2.22. The number of methoxy groups -OCH3 is 1. The number of ether oxygens (including phenoxy) is 1. The average Bonchev–Trinajstić information content (AvgIpc) is 2.15. The van der Waals surface area contributed by atoms with Crippen molar-refractivity contribution in [3.8, 4) is 5.75 Å². The molecule has 1 aromatic carbocycles. The maximum Gasteiger partial charge on any atom is 0.339 e. The molecule has 14 heavy (non-hydrogen) atoms. The third-order valence-corrected chi connectivity index (χ3v) is 1.80. The standard InChI is InChI=1S/C10H10O4/c1-6(14-2)7-3-4-8(10(12)13)9(11)5-7/h3-5,11H,1H2,2H3,(H,12,13). The molecule has 0 aliphatic heterocycles. The number of phenols is 1. The van der Waals surface area contributed by atoms with E-state index in [1.54, 1.807) is 0 Å². The quantitative estimate of drug-likeness (QED) is 0.719. The van der Waals surface area contributed by atoms with Gasteiger partial charge in [-0.15, -0.1) is 0 Å². The van der Waals surface area contributed by atoms with Gasteiger partial charge >= 0.3 is 5.97 Å². The topological polar surface area (TPSA) is 66.8 Å². The number of benzene rings is 1. The van der Waals surface area contributed by atoms with E-state index in [1.807, 2.05) is 0 Å². The molecular formula is C10H10O4. The SMILES string of the molecule is C=C(OC)c1ccc(C(=O)O)c(O)c1. The predicted molar refractivity (Wildman–Crippen MR) is 51.1 cm³/mol. The summed E-state index contributed by atoms with van der Waals surface area (Å²) in [5.41, 5.74) is 0.410. The fourth-order valence-electron chi connectivity index (χ4n) is 1.00. The van der Waals surface area contributed by atoms with Gasteiger partial charge in [0.25, 0.3) is 0 Å². The fourth-order valence-corrected chi connectivity index (χ4v) is 1.00. The molecule has 0 unspecified atom stereocenters. The largest absolute Gasteiger partial charge is 0.507 e.